The van der Waals surface area contributed by atoms with Crippen LogP contribution >= 0.6 is 0 Å². The van der Waals surface area contributed by atoms with Crippen molar-refractivity contribution in [1.29, 1.82) is 0 Å². The van der Waals surface area contributed by atoms with Crippen molar-refractivity contribution in [2.24, 2.45) is 0 Å². The highest BCUT2D eigenvalue weighted by molar-refractivity contribution is 6.22. The van der Waals surface area contributed by atoms with Crippen molar-refractivity contribution in [3.8, 4) is 22.6 Å². The molecule has 316 valence electrons. The van der Waals surface area contributed by atoms with E-state index in [2.05, 4.69) is 107 Å². The SMILES string of the molecule is C1=CCC2Oc3ccccc3C2=C1.C=C/C=C\C=C/N(C)c1ccc(-n2c3ccccc3c3c(-c4cccc5c4c4ccccc4n5C4C(O)=C(O)C(O)=C(O)C4O)cccc32)cc1. The number of aliphatic hydroxyl groups excluding tert-OH is 5. The van der Waals surface area contributed by atoms with Gasteiger partial charge in [-0.2, -0.15) is 0 Å². The van der Waals surface area contributed by atoms with Crippen molar-refractivity contribution in [2.75, 3.05) is 11.9 Å². The smallest absolute Gasteiger partial charge is 0.202 e. The van der Waals surface area contributed by atoms with Gasteiger partial charge >= 0.3 is 0 Å². The van der Waals surface area contributed by atoms with Gasteiger partial charge in [0.15, 0.2) is 11.5 Å². The molecule has 0 fully saturated rings. The summed E-state index contributed by atoms with van der Waals surface area (Å²) < 4.78 is 9.77. The van der Waals surface area contributed by atoms with E-state index in [1.54, 1.807) is 10.6 Å². The van der Waals surface area contributed by atoms with Gasteiger partial charge in [-0.05, 0) is 71.8 Å². The first kappa shape index (κ1) is 40.0. The molecule has 11 rings (SSSR count). The van der Waals surface area contributed by atoms with Crippen LogP contribution in [0.2, 0.25) is 0 Å². The van der Waals surface area contributed by atoms with E-state index in [-0.39, 0.29) is 6.10 Å². The molecule has 9 heteroatoms. The molecule has 0 saturated heterocycles. The third-order valence-electron chi connectivity index (χ3n) is 12.3. The first-order valence-electron chi connectivity index (χ1n) is 21.2. The van der Waals surface area contributed by atoms with Gasteiger partial charge in [-0.25, -0.2) is 0 Å². The van der Waals surface area contributed by atoms with Crippen molar-refractivity contribution >= 4 is 54.9 Å². The van der Waals surface area contributed by atoms with Gasteiger partial charge in [0.05, 0.1) is 16.6 Å². The largest absolute Gasteiger partial charge is 0.506 e. The average Bonchev–Trinajstić information content (AvgIpc) is 4.00. The van der Waals surface area contributed by atoms with Gasteiger partial charge < -0.3 is 44.3 Å². The number of aliphatic hydroxyl groups is 5. The molecule has 64 heavy (non-hydrogen) atoms. The van der Waals surface area contributed by atoms with Crippen LogP contribution in [0, 0.1) is 0 Å². The molecule has 3 atom stereocenters. The summed E-state index contributed by atoms with van der Waals surface area (Å²) in [5.41, 5.74) is 10.0. The molecule has 0 spiro atoms. The number of rotatable bonds is 7. The fourth-order valence-electron chi connectivity index (χ4n) is 9.37. The van der Waals surface area contributed by atoms with Crippen LogP contribution in [0.25, 0.3) is 66.0 Å². The van der Waals surface area contributed by atoms with Gasteiger partial charge in [0, 0.05) is 69.2 Å². The molecule has 3 aliphatic rings. The summed E-state index contributed by atoms with van der Waals surface area (Å²) in [6, 6.07) is 43.5. The summed E-state index contributed by atoms with van der Waals surface area (Å²) in [5.74, 6) is -2.25. The highest BCUT2D eigenvalue weighted by Crippen LogP contribution is 2.46. The van der Waals surface area contributed by atoms with Crippen molar-refractivity contribution in [1.82, 2.24) is 9.13 Å². The second kappa shape index (κ2) is 16.3. The van der Waals surface area contributed by atoms with E-state index in [0.717, 1.165) is 67.3 Å². The maximum Gasteiger partial charge on any atom is 0.202 e. The molecule has 0 radical (unpaired) electrons. The number of allylic oxidation sites excluding steroid dienone is 6. The fourth-order valence-corrected chi connectivity index (χ4v) is 9.37. The summed E-state index contributed by atoms with van der Waals surface area (Å²) in [6.45, 7) is 3.71. The van der Waals surface area contributed by atoms with E-state index < -0.39 is 35.2 Å². The van der Waals surface area contributed by atoms with Crippen LogP contribution in [0.5, 0.6) is 5.75 Å². The maximum atomic E-state index is 11.1. The zero-order chi connectivity index (χ0) is 44.1. The summed E-state index contributed by atoms with van der Waals surface area (Å²) in [5, 5.41) is 57.3. The highest BCUT2D eigenvalue weighted by Gasteiger charge is 2.40. The molecule has 8 aromatic rings. The number of para-hydroxylation sites is 3. The van der Waals surface area contributed by atoms with Gasteiger partial charge in [-0.1, -0.05) is 122 Å². The van der Waals surface area contributed by atoms with Crippen molar-refractivity contribution in [3.63, 3.8) is 0 Å². The molecule has 3 unspecified atom stereocenters. The normalized spacial score (nSPS) is 18.2. The molecule has 0 bridgehead atoms. The molecule has 3 heterocycles. The zero-order valence-corrected chi connectivity index (χ0v) is 35.0. The lowest BCUT2D eigenvalue weighted by atomic mass is 9.95. The summed E-state index contributed by atoms with van der Waals surface area (Å²) in [7, 11) is 2.01. The third-order valence-corrected chi connectivity index (χ3v) is 12.3. The Morgan fingerprint density at radius 1 is 0.641 bits per heavy atom. The number of aromatic nitrogens is 2. The van der Waals surface area contributed by atoms with Crippen LogP contribution in [0.15, 0.2) is 212 Å². The Balaban J connectivity index is 0.000000316. The summed E-state index contributed by atoms with van der Waals surface area (Å²) in [6.07, 6.45) is 15.5. The number of anilines is 1. The van der Waals surface area contributed by atoms with E-state index in [0.29, 0.717) is 11.0 Å². The lowest BCUT2D eigenvalue weighted by molar-refractivity contribution is 0.0708. The number of fused-ring (bicyclic) bond motifs is 9. The predicted octanol–water partition coefficient (Wildman–Crippen LogP) is 12.6. The molecule has 9 nitrogen and oxygen atoms in total. The zero-order valence-electron chi connectivity index (χ0n) is 35.0. The van der Waals surface area contributed by atoms with E-state index in [1.165, 1.54) is 11.1 Å². The molecular weight excluding hydrogens is 799 g/mol. The fraction of sp³-hybridized carbons (Fsp3) is 0.0909. The van der Waals surface area contributed by atoms with Gasteiger partial charge in [0.25, 0.3) is 0 Å². The molecule has 2 aromatic heterocycles. The van der Waals surface area contributed by atoms with Crippen LogP contribution in [-0.4, -0.2) is 53.9 Å². The average molecular weight is 844 g/mol. The lowest BCUT2D eigenvalue weighted by Gasteiger charge is -2.29. The van der Waals surface area contributed by atoms with E-state index in [9.17, 15) is 25.5 Å². The molecule has 6 aromatic carbocycles. The van der Waals surface area contributed by atoms with Crippen LogP contribution < -0.4 is 9.64 Å². The van der Waals surface area contributed by atoms with Crippen LogP contribution in [0.3, 0.4) is 0 Å². The van der Waals surface area contributed by atoms with Gasteiger partial charge in [-0.15, -0.1) is 0 Å². The predicted molar refractivity (Wildman–Crippen MR) is 258 cm³/mol. The first-order valence-corrected chi connectivity index (χ1v) is 21.2. The molecule has 0 amide bonds. The minimum Gasteiger partial charge on any atom is -0.506 e. The topological polar surface area (TPSA) is 123 Å². The second-order valence-electron chi connectivity index (χ2n) is 16.0. The lowest BCUT2D eigenvalue weighted by Crippen LogP contribution is -2.33. The van der Waals surface area contributed by atoms with Crippen LogP contribution in [-0.2, 0) is 0 Å². The van der Waals surface area contributed by atoms with Crippen LogP contribution in [0.1, 0.15) is 18.0 Å². The van der Waals surface area contributed by atoms with Crippen molar-refractivity contribution in [3.05, 3.63) is 217 Å². The number of ether oxygens (including phenoxy) is 1. The van der Waals surface area contributed by atoms with Crippen molar-refractivity contribution < 1.29 is 30.3 Å². The quantitative estimate of drug-likeness (QED) is 0.101. The van der Waals surface area contributed by atoms with Gasteiger partial charge in [0.1, 0.15) is 24.0 Å². The Labute approximate surface area is 369 Å². The molecule has 1 aliphatic heterocycles. The standard InChI is InChI=1S/C43H35N3O5.C12H10O/c1-3-4-5-10-25-44(2)26-21-23-27(24-22-26)45-32-17-8-6-13-30(32)36-28(15-11-19-34(36)45)29-16-12-20-35-37(29)31-14-7-9-18-33(31)46(35)38-39(47)41(49)43(51)42(50)40(38)48;1-3-7-11-9(5-1)10-6-2-4-8-12(10)13-11/h3-25,38-39,47-51H,1H2,2H3;1-7,12H,8H2/b5-4-,25-10-;. The molecule has 5 N–H and O–H groups in total. The Morgan fingerprint density at radius 2 is 1.25 bits per heavy atom. The van der Waals surface area contributed by atoms with E-state index in [1.807, 2.05) is 92.1 Å². The summed E-state index contributed by atoms with van der Waals surface area (Å²) in [4.78, 5) is 2.06. The van der Waals surface area contributed by atoms with Gasteiger partial charge in [-0.3, -0.25) is 0 Å². The number of hydrogen-bond donors (Lipinski definition) is 5. The van der Waals surface area contributed by atoms with E-state index >= 15 is 0 Å². The third kappa shape index (κ3) is 6.53. The van der Waals surface area contributed by atoms with Crippen molar-refractivity contribution in [2.45, 2.75) is 24.7 Å². The monoisotopic (exact) mass is 843 g/mol. The Bertz CT molecular complexity index is 3340. The van der Waals surface area contributed by atoms with Crippen LogP contribution in [0.4, 0.5) is 5.69 Å². The first-order chi connectivity index (χ1) is 31.3. The second-order valence-corrected chi connectivity index (χ2v) is 16.0. The number of hydrogen-bond acceptors (Lipinski definition) is 7. The Kier molecular flexibility index (Phi) is 10.2. The highest BCUT2D eigenvalue weighted by atomic mass is 16.5. The Morgan fingerprint density at radius 3 is 2.00 bits per heavy atom. The maximum absolute atomic E-state index is 11.1. The molecule has 2 aliphatic carbocycles. The van der Waals surface area contributed by atoms with Gasteiger partial charge in [0.2, 0.25) is 11.5 Å². The Hall–Kier alpha value is -8.14. The summed E-state index contributed by atoms with van der Waals surface area (Å²) >= 11 is 0. The van der Waals surface area contributed by atoms with E-state index in [4.69, 9.17) is 4.74 Å². The number of benzene rings is 6. The minimum absolute atomic E-state index is 0.266. The minimum atomic E-state index is -1.71. The number of nitrogens with zero attached hydrogens (tertiary/aromatic N) is 3. The molecular formula is C55H45N3O6. The molecule has 0 saturated carbocycles.